The van der Waals surface area contributed by atoms with E-state index in [1.807, 2.05) is 12.1 Å². The Balaban J connectivity index is 1.78. The molecular weight excluding hydrogens is 344 g/mol. The summed E-state index contributed by atoms with van der Waals surface area (Å²) in [5.74, 6) is 0.325. The fraction of sp³-hybridized carbons (Fsp3) is 0.615. The van der Waals surface area contributed by atoms with Gasteiger partial charge in [-0.3, -0.25) is 0 Å². The first-order valence-corrected chi connectivity index (χ1v) is 11.5. The molecule has 0 fully saturated rings. The largest absolute Gasteiger partial charge is 0.508 e. The van der Waals surface area contributed by atoms with Gasteiger partial charge in [0.05, 0.1) is 6.61 Å². The highest BCUT2D eigenvalue weighted by atomic mass is 16.5. The van der Waals surface area contributed by atoms with Gasteiger partial charge in [0.15, 0.2) is 0 Å². The zero-order chi connectivity index (χ0) is 20.1. The van der Waals surface area contributed by atoms with Crippen molar-refractivity contribution in [2.24, 2.45) is 0 Å². The van der Waals surface area contributed by atoms with E-state index >= 15 is 0 Å². The second-order valence-corrected chi connectivity index (χ2v) is 7.61. The summed E-state index contributed by atoms with van der Waals surface area (Å²) in [6.07, 6.45) is 25.6. The predicted molar refractivity (Wildman–Crippen MR) is 122 cm³/mol. The predicted octanol–water partition coefficient (Wildman–Crippen LogP) is 7.76. The molecule has 2 nitrogen and oxygen atoms in total. The molecular formula is C26H42O2. The molecule has 0 bridgehead atoms. The van der Waals surface area contributed by atoms with Crippen LogP contribution < -0.4 is 0 Å². The van der Waals surface area contributed by atoms with Crippen LogP contribution in [0.25, 0.3) is 0 Å². The zero-order valence-corrected chi connectivity index (χ0v) is 18.1. The Labute approximate surface area is 173 Å². The van der Waals surface area contributed by atoms with Crippen LogP contribution in [-0.4, -0.2) is 18.3 Å². The first-order valence-electron chi connectivity index (χ1n) is 11.5. The number of ether oxygens (including phenoxy) is 1. The van der Waals surface area contributed by atoms with Crippen molar-refractivity contribution in [1.29, 1.82) is 0 Å². The van der Waals surface area contributed by atoms with Crippen LogP contribution in [-0.2, 0) is 11.2 Å². The number of aromatic hydroxyl groups is 1. The maximum absolute atomic E-state index is 9.25. The van der Waals surface area contributed by atoms with Gasteiger partial charge in [0.1, 0.15) is 5.75 Å². The van der Waals surface area contributed by atoms with Gasteiger partial charge in [-0.1, -0.05) is 81.9 Å². The molecule has 0 atom stereocenters. The average molecular weight is 387 g/mol. The van der Waals surface area contributed by atoms with Crippen molar-refractivity contribution in [2.45, 2.75) is 90.4 Å². The molecule has 2 heteroatoms. The Bertz CT molecular complexity index is 502. The van der Waals surface area contributed by atoms with Gasteiger partial charge in [0.2, 0.25) is 0 Å². The molecule has 0 radical (unpaired) electrons. The van der Waals surface area contributed by atoms with Gasteiger partial charge in [-0.05, 0) is 62.6 Å². The Kier molecular flexibility index (Phi) is 16.5. The van der Waals surface area contributed by atoms with Crippen molar-refractivity contribution in [1.82, 2.24) is 0 Å². The fourth-order valence-corrected chi connectivity index (χ4v) is 3.15. The lowest BCUT2D eigenvalue weighted by atomic mass is 10.1. The molecule has 1 N–H and O–H groups in total. The van der Waals surface area contributed by atoms with Crippen LogP contribution in [0, 0.1) is 0 Å². The van der Waals surface area contributed by atoms with E-state index in [1.165, 1.54) is 76.2 Å². The Morgan fingerprint density at radius 1 is 0.714 bits per heavy atom. The Morgan fingerprint density at radius 2 is 1.32 bits per heavy atom. The van der Waals surface area contributed by atoms with Gasteiger partial charge in [-0.2, -0.15) is 0 Å². The minimum atomic E-state index is 0.325. The molecule has 158 valence electrons. The molecule has 0 saturated carbocycles. The summed E-state index contributed by atoms with van der Waals surface area (Å²) < 4.78 is 5.71. The number of hydrogen-bond donors (Lipinski definition) is 1. The minimum Gasteiger partial charge on any atom is -0.508 e. The molecule has 1 aromatic carbocycles. The number of rotatable bonds is 18. The highest BCUT2D eigenvalue weighted by molar-refractivity contribution is 5.25. The highest BCUT2D eigenvalue weighted by Crippen LogP contribution is 2.11. The molecule has 0 unspecified atom stereocenters. The first kappa shape index (κ1) is 24.5. The van der Waals surface area contributed by atoms with E-state index in [1.54, 1.807) is 12.1 Å². The van der Waals surface area contributed by atoms with Crippen LogP contribution in [0.5, 0.6) is 5.75 Å². The third kappa shape index (κ3) is 15.5. The highest BCUT2D eigenvalue weighted by Gasteiger charge is 1.95. The second kappa shape index (κ2) is 18.8. The molecule has 0 aromatic heterocycles. The Morgan fingerprint density at radius 3 is 2.00 bits per heavy atom. The molecule has 0 aliphatic rings. The summed E-state index contributed by atoms with van der Waals surface area (Å²) in [7, 11) is 0. The lowest BCUT2D eigenvalue weighted by Gasteiger charge is -2.05. The van der Waals surface area contributed by atoms with E-state index in [2.05, 4.69) is 31.2 Å². The molecule has 0 amide bonds. The van der Waals surface area contributed by atoms with Crippen molar-refractivity contribution in [3.63, 3.8) is 0 Å². The number of unbranched alkanes of at least 4 members (excludes halogenated alkanes) is 9. The summed E-state index contributed by atoms with van der Waals surface area (Å²) in [5, 5.41) is 9.25. The van der Waals surface area contributed by atoms with Crippen molar-refractivity contribution in [2.75, 3.05) is 13.2 Å². The van der Waals surface area contributed by atoms with Gasteiger partial charge >= 0.3 is 0 Å². The smallest absolute Gasteiger partial charge is 0.115 e. The van der Waals surface area contributed by atoms with Gasteiger partial charge in [-0.25, -0.2) is 0 Å². The number of phenolic OH excluding ortho intramolecular Hbond substituents is 1. The summed E-state index contributed by atoms with van der Waals surface area (Å²) in [6.45, 7) is 3.89. The third-order valence-electron chi connectivity index (χ3n) is 4.96. The van der Waals surface area contributed by atoms with Crippen molar-refractivity contribution in [3.8, 4) is 5.75 Å². The molecule has 0 heterocycles. The average Bonchev–Trinajstić information content (AvgIpc) is 2.71. The van der Waals surface area contributed by atoms with Gasteiger partial charge in [0, 0.05) is 6.61 Å². The zero-order valence-electron chi connectivity index (χ0n) is 18.1. The van der Waals surface area contributed by atoms with Gasteiger partial charge in [0.25, 0.3) is 0 Å². The summed E-state index contributed by atoms with van der Waals surface area (Å²) in [5.41, 5.74) is 1.22. The van der Waals surface area contributed by atoms with Crippen LogP contribution >= 0.6 is 0 Å². The van der Waals surface area contributed by atoms with E-state index in [4.69, 9.17) is 4.74 Å². The van der Waals surface area contributed by atoms with Crippen molar-refractivity contribution < 1.29 is 9.84 Å². The summed E-state index contributed by atoms with van der Waals surface area (Å²) in [4.78, 5) is 0. The quantitative estimate of drug-likeness (QED) is 0.206. The number of allylic oxidation sites excluding steroid dienone is 4. The lowest BCUT2D eigenvalue weighted by molar-refractivity contribution is 0.133. The molecule has 0 aliphatic heterocycles. The van der Waals surface area contributed by atoms with Crippen LogP contribution in [0.3, 0.4) is 0 Å². The van der Waals surface area contributed by atoms with Gasteiger partial charge in [-0.15, -0.1) is 0 Å². The summed E-state index contributed by atoms with van der Waals surface area (Å²) >= 11 is 0. The van der Waals surface area contributed by atoms with E-state index in [9.17, 15) is 5.11 Å². The maximum atomic E-state index is 9.25. The lowest BCUT2D eigenvalue weighted by Crippen LogP contribution is -2.00. The summed E-state index contributed by atoms with van der Waals surface area (Å²) in [6, 6.07) is 7.38. The van der Waals surface area contributed by atoms with Crippen LogP contribution in [0.15, 0.2) is 48.6 Å². The fourth-order valence-electron chi connectivity index (χ4n) is 3.15. The molecule has 1 rings (SSSR count). The van der Waals surface area contributed by atoms with E-state index in [0.717, 1.165) is 26.1 Å². The minimum absolute atomic E-state index is 0.325. The number of hydrogen-bond acceptors (Lipinski definition) is 2. The van der Waals surface area contributed by atoms with Crippen molar-refractivity contribution >= 4 is 0 Å². The SMILES string of the molecule is CCCCCC=CCC=CCCCCCCCCOCCc1ccc(O)cc1. The number of benzene rings is 1. The van der Waals surface area contributed by atoms with Crippen LogP contribution in [0.4, 0.5) is 0 Å². The maximum Gasteiger partial charge on any atom is 0.115 e. The van der Waals surface area contributed by atoms with E-state index < -0.39 is 0 Å². The molecule has 28 heavy (non-hydrogen) atoms. The Hall–Kier alpha value is -1.54. The van der Waals surface area contributed by atoms with Crippen molar-refractivity contribution in [3.05, 3.63) is 54.1 Å². The molecule has 1 aromatic rings. The van der Waals surface area contributed by atoms with Crippen LogP contribution in [0.1, 0.15) is 89.5 Å². The molecule has 0 saturated heterocycles. The number of phenols is 1. The standard InChI is InChI=1S/C26H42O2/c1-2-3-4-5-6-7-8-9-10-11-12-13-14-15-16-17-23-28-24-22-25-18-20-26(27)21-19-25/h6-7,9-10,18-21,27H,2-5,8,11-17,22-24H2,1H3. The van der Waals surface area contributed by atoms with E-state index in [0.29, 0.717) is 5.75 Å². The monoisotopic (exact) mass is 386 g/mol. The normalized spacial score (nSPS) is 11.8. The van der Waals surface area contributed by atoms with E-state index in [-0.39, 0.29) is 0 Å². The third-order valence-corrected chi connectivity index (χ3v) is 4.96. The molecule has 0 spiro atoms. The second-order valence-electron chi connectivity index (χ2n) is 7.61. The topological polar surface area (TPSA) is 29.5 Å². The first-order chi connectivity index (χ1) is 13.8. The van der Waals surface area contributed by atoms with Crippen LogP contribution in [0.2, 0.25) is 0 Å². The molecule has 0 aliphatic carbocycles. The van der Waals surface area contributed by atoms with Gasteiger partial charge < -0.3 is 9.84 Å².